The van der Waals surface area contributed by atoms with Gasteiger partial charge in [0.25, 0.3) is 11.8 Å². The number of carbonyl (C=O) groups excluding carboxylic acids is 5. The van der Waals surface area contributed by atoms with E-state index in [1.54, 1.807) is 12.1 Å². The van der Waals surface area contributed by atoms with Gasteiger partial charge in [-0.1, -0.05) is 27.6 Å². The zero-order valence-electron chi connectivity index (χ0n) is 20.4. The smallest absolute Gasteiger partial charge is 0.423 e. The molecular formula is C26H21BrCl2N2O8. The molecule has 1 aromatic carbocycles. The molecule has 1 aromatic rings. The van der Waals surface area contributed by atoms with Gasteiger partial charge in [0.05, 0.1) is 30.7 Å². The van der Waals surface area contributed by atoms with Crippen LogP contribution in [0.2, 0.25) is 0 Å². The van der Waals surface area contributed by atoms with Gasteiger partial charge in [-0.3, -0.25) is 24.1 Å². The fourth-order valence-corrected chi connectivity index (χ4v) is 8.28. The lowest BCUT2D eigenvalue weighted by Crippen LogP contribution is -2.61. The van der Waals surface area contributed by atoms with Crippen molar-refractivity contribution in [3.63, 3.8) is 0 Å². The number of hydrogen-bond acceptors (Lipinski definition) is 8. The number of nitrogens with zero attached hydrogens (tertiary/aromatic N) is 2. The number of rotatable bonds is 2. The third kappa shape index (κ3) is 3.29. The van der Waals surface area contributed by atoms with Crippen LogP contribution < -0.4 is 4.74 Å². The number of carbonyl (C=O) groups is 5. The fourth-order valence-electron chi connectivity index (χ4n) is 6.84. The van der Waals surface area contributed by atoms with Crippen molar-refractivity contribution in [3.05, 3.63) is 47.2 Å². The lowest BCUT2D eigenvalue weighted by Gasteiger charge is -2.51. The minimum absolute atomic E-state index is 0.0164. The molecule has 1 N–H and O–H groups in total. The van der Waals surface area contributed by atoms with Gasteiger partial charge in [-0.25, -0.2) is 4.79 Å². The Morgan fingerprint density at radius 2 is 1.92 bits per heavy atom. The van der Waals surface area contributed by atoms with Crippen molar-refractivity contribution in [1.82, 2.24) is 9.80 Å². The monoisotopic (exact) mass is 638 g/mol. The van der Waals surface area contributed by atoms with Gasteiger partial charge < -0.3 is 14.6 Å². The second-order valence-corrected chi connectivity index (χ2v) is 12.0. The second kappa shape index (κ2) is 8.81. The van der Waals surface area contributed by atoms with Crippen molar-refractivity contribution < 1.29 is 38.6 Å². The number of imide groups is 4. The number of methoxy groups -OCH3 is 1. The summed E-state index contributed by atoms with van der Waals surface area (Å²) in [5.74, 6) is -5.94. The van der Waals surface area contributed by atoms with E-state index in [-0.39, 0.29) is 30.5 Å². The first-order chi connectivity index (χ1) is 18.5. The molecule has 6 rings (SSSR count). The quantitative estimate of drug-likeness (QED) is 0.226. The maximum absolute atomic E-state index is 13.8. The third-order valence-electron chi connectivity index (χ3n) is 8.52. The van der Waals surface area contributed by atoms with E-state index in [4.69, 9.17) is 27.9 Å². The Balaban J connectivity index is 1.51. The average Bonchev–Trinajstić information content (AvgIpc) is 3.25. The molecule has 0 radical (unpaired) electrons. The van der Waals surface area contributed by atoms with Crippen molar-refractivity contribution in [2.75, 3.05) is 12.6 Å². The maximum atomic E-state index is 13.8. The van der Waals surface area contributed by atoms with Crippen molar-refractivity contribution in [3.8, 4) is 11.5 Å². The van der Waals surface area contributed by atoms with E-state index in [2.05, 4.69) is 20.7 Å². The van der Waals surface area contributed by atoms with Gasteiger partial charge in [0, 0.05) is 17.9 Å². The first-order valence-electron chi connectivity index (χ1n) is 12.1. The van der Waals surface area contributed by atoms with Crippen molar-refractivity contribution in [1.29, 1.82) is 0 Å². The predicted molar refractivity (Wildman–Crippen MR) is 139 cm³/mol. The van der Waals surface area contributed by atoms with E-state index < -0.39 is 63.1 Å². The zero-order valence-corrected chi connectivity index (χ0v) is 23.5. The molecule has 204 valence electrons. The Bertz CT molecular complexity index is 1440. The van der Waals surface area contributed by atoms with Crippen molar-refractivity contribution in [2.45, 2.75) is 29.0 Å². The highest BCUT2D eigenvalue weighted by molar-refractivity contribution is 9.09. The number of aromatic hydroxyl groups is 1. The highest BCUT2D eigenvalue weighted by Crippen LogP contribution is 2.64. The molecule has 2 aliphatic carbocycles. The summed E-state index contributed by atoms with van der Waals surface area (Å²) in [7, 11) is 1.07. The summed E-state index contributed by atoms with van der Waals surface area (Å²) in [5.41, 5.74) is 1.58. The first-order valence-corrected chi connectivity index (χ1v) is 14.0. The summed E-state index contributed by atoms with van der Waals surface area (Å²) in [6.45, 7) is 0. The molecule has 0 aromatic heterocycles. The summed E-state index contributed by atoms with van der Waals surface area (Å²) >= 11 is 17.5. The zero-order chi connectivity index (χ0) is 28.0. The molecule has 1 saturated carbocycles. The number of alkyl halides is 3. The van der Waals surface area contributed by atoms with Crippen LogP contribution in [0.25, 0.3) is 0 Å². The normalized spacial score (nSPS) is 35.0. The fraction of sp³-hybridized carbons (Fsp3) is 0.423. The number of fused-ring (bicyclic) bond motifs is 5. The Labute approximate surface area is 240 Å². The number of phenols is 1. The van der Waals surface area contributed by atoms with Crippen LogP contribution in [0.1, 0.15) is 18.4 Å². The standard InChI is InChI=1S/C26H21BrCl2N2O8/c1-38-24(37)31-20(33)15-4-3-14-16(18(15)21(31)34)8-25(28)22(35)30(10-27)23(36)26(25,29)19(14)12-6-11-7-13(32)2-5-17(11)39-9-12/h2-3,5,7,9,15-16,18-19,32H,4,6,8,10H2,1H3. The lowest BCUT2D eigenvalue weighted by molar-refractivity contribution is -0.140. The summed E-state index contributed by atoms with van der Waals surface area (Å²) < 4.78 is 10.5. The molecule has 0 spiro atoms. The Hall–Kier alpha value is -2.89. The van der Waals surface area contributed by atoms with Gasteiger partial charge >= 0.3 is 6.09 Å². The molecule has 3 fully saturated rings. The molecular weight excluding hydrogens is 619 g/mol. The van der Waals surface area contributed by atoms with Crippen molar-refractivity contribution in [2.24, 2.45) is 23.7 Å². The van der Waals surface area contributed by atoms with Crippen LogP contribution >= 0.6 is 39.1 Å². The Kier molecular flexibility index (Phi) is 5.95. The number of phenolic OH excluding ortho intramolecular Hbond substituents is 1. The highest BCUT2D eigenvalue weighted by atomic mass is 79.9. The highest BCUT2D eigenvalue weighted by Gasteiger charge is 2.76. The van der Waals surface area contributed by atoms with Gasteiger partial charge in [0.1, 0.15) is 11.5 Å². The van der Waals surface area contributed by atoms with Crippen LogP contribution in [0.3, 0.4) is 0 Å². The Morgan fingerprint density at radius 3 is 2.62 bits per heavy atom. The molecule has 5 amide bonds. The number of likely N-dealkylation sites (tertiary alicyclic amines) is 2. The van der Waals surface area contributed by atoms with E-state index in [1.165, 1.54) is 18.4 Å². The summed E-state index contributed by atoms with van der Waals surface area (Å²) in [6, 6.07) is 4.62. The molecule has 2 saturated heterocycles. The number of halogens is 3. The van der Waals surface area contributed by atoms with Crippen LogP contribution in [0.4, 0.5) is 4.79 Å². The number of amides is 5. The van der Waals surface area contributed by atoms with Crippen LogP contribution in [0.5, 0.6) is 11.5 Å². The topological polar surface area (TPSA) is 131 Å². The van der Waals surface area contributed by atoms with Gasteiger partial charge in [0.15, 0.2) is 9.75 Å². The largest absolute Gasteiger partial charge is 0.508 e. The molecule has 5 aliphatic rings. The second-order valence-electron chi connectivity index (χ2n) is 10.2. The lowest BCUT2D eigenvalue weighted by atomic mass is 9.56. The molecule has 0 bridgehead atoms. The number of hydrogen-bond donors (Lipinski definition) is 1. The first kappa shape index (κ1) is 26.3. The van der Waals surface area contributed by atoms with Crippen molar-refractivity contribution >= 4 is 68.9 Å². The molecule has 10 nitrogen and oxygen atoms in total. The van der Waals surface area contributed by atoms with Gasteiger partial charge in [-0.15, -0.1) is 23.2 Å². The minimum atomic E-state index is -1.97. The Morgan fingerprint density at radius 1 is 1.18 bits per heavy atom. The van der Waals surface area contributed by atoms with Crippen LogP contribution in [-0.4, -0.2) is 66.9 Å². The molecule has 13 heteroatoms. The molecule has 6 unspecified atom stereocenters. The summed E-state index contributed by atoms with van der Waals surface area (Å²) in [5, 5.41) is 10.0. The molecule has 3 aliphatic heterocycles. The molecule has 3 heterocycles. The SMILES string of the molecule is COC(=O)N1C(=O)C2CC=C3C(CC4(Cl)C(=O)N(CBr)C(=O)C4(Cl)C3C3=COc4ccc(O)cc4C3)C2C1=O. The van der Waals surface area contributed by atoms with Gasteiger partial charge in [0.2, 0.25) is 11.8 Å². The van der Waals surface area contributed by atoms with E-state index in [1.807, 2.05) is 0 Å². The van der Waals surface area contributed by atoms with E-state index in [0.717, 1.165) is 12.0 Å². The summed E-state index contributed by atoms with van der Waals surface area (Å²) in [4.78, 5) is 63.8. The van der Waals surface area contributed by atoms with Crippen LogP contribution in [0, 0.1) is 23.7 Å². The maximum Gasteiger partial charge on any atom is 0.423 e. The summed E-state index contributed by atoms with van der Waals surface area (Å²) in [6.07, 6.45) is 2.26. The number of allylic oxidation sites excluding steroid dienone is 3. The van der Waals surface area contributed by atoms with Gasteiger partial charge in [-0.05, 0) is 42.5 Å². The van der Waals surface area contributed by atoms with E-state index >= 15 is 0 Å². The molecule has 6 atom stereocenters. The van der Waals surface area contributed by atoms with Gasteiger partial charge in [-0.2, -0.15) is 4.90 Å². The van der Waals surface area contributed by atoms with E-state index in [0.29, 0.717) is 27.4 Å². The van der Waals surface area contributed by atoms with E-state index in [9.17, 15) is 29.1 Å². The minimum Gasteiger partial charge on any atom is -0.508 e. The number of benzene rings is 1. The van der Waals surface area contributed by atoms with Crippen LogP contribution in [-0.2, 0) is 30.3 Å². The number of ether oxygens (including phenoxy) is 2. The average molecular weight is 640 g/mol. The third-order valence-corrected chi connectivity index (χ3v) is 10.4. The van der Waals surface area contributed by atoms with Crippen LogP contribution in [0.15, 0.2) is 41.7 Å². The predicted octanol–water partition coefficient (Wildman–Crippen LogP) is 3.22. The molecule has 39 heavy (non-hydrogen) atoms.